The van der Waals surface area contributed by atoms with Gasteiger partial charge in [-0.3, -0.25) is 9.59 Å². The second-order valence-electron chi connectivity index (χ2n) is 5.03. The zero-order valence-electron chi connectivity index (χ0n) is 11.8. The van der Waals surface area contributed by atoms with Crippen molar-refractivity contribution in [3.8, 4) is 5.75 Å². The molecule has 1 amide bonds. The van der Waals surface area contributed by atoms with Crippen LogP contribution < -0.4 is 10.3 Å². The van der Waals surface area contributed by atoms with Crippen LogP contribution in [-0.2, 0) is 24.4 Å². The fourth-order valence-electron chi connectivity index (χ4n) is 2.55. The third kappa shape index (κ3) is 2.54. The van der Waals surface area contributed by atoms with Crippen molar-refractivity contribution in [1.82, 2.24) is 9.47 Å². The van der Waals surface area contributed by atoms with Crippen molar-refractivity contribution >= 4 is 5.91 Å². The van der Waals surface area contributed by atoms with Gasteiger partial charge in [-0.25, -0.2) is 0 Å². The summed E-state index contributed by atoms with van der Waals surface area (Å²) in [7, 11) is 1.44. The van der Waals surface area contributed by atoms with Crippen molar-refractivity contribution in [3.63, 3.8) is 0 Å². The molecule has 0 fully saturated rings. The van der Waals surface area contributed by atoms with Gasteiger partial charge in [0.1, 0.15) is 6.54 Å². The lowest BCUT2D eigenvalue weighted by Gasteiger charge is -2.16. The molecular formula is C16H16N2O3. The number of hydrogen-bond acceptors (Lipinski definition) is 3. The van der Waals surface area contributed by atoms with E-state index in [0.29, 0.717) is 13.1 Å². The van der Waals surface area contributed by atoms with E-state index in [-0.39, 0.29) is 23.8 Å². The van der Waals surface area contributed by atoms with Crippen LogP contribution in [0.25, 0.3) is 0 Å². The molecular weight excluding hydrogens is 268 g/mol. The van der Waals surface area contributed by atoms with Gasteiger partial charge < -0.3 is 14.2 Å². The average molecular weight is 284 g/mol. The number of carbonyl (C=O) groups excluding carboxylic acids is 1. The molecule has 0 saturated heterocycles. The fourth-order valence-corrected chi connectivity index (χ4v) is 2.55. The number of rotatable bonds is 3. The largest absolute Gasteiger partial charge is 0.491 e. The first-order valence-electron chi connectivity index (χ1n) is 6.77. The molecule has 2 aromatic rings. The topological polar surface area (TPSA) is 51.5 Å². The summed E-state index contributed by atoms with van der Waals surface area (Å²) in [4.78, 5) is 26.2. The second kappa shape index (κ2) is 5.44. The van der Waals surface area contributed by atoms with Crippen LogP contribution in [0.4, 0.5) is 0 Å². The Labute approximate surface area is 122 Å². The van der Waals surface area contributed by atoms with Crippen LogP contribution in [0.3, 0.4) is 0 Å². The third-order valence-corrected chi connectivity index (χ3v) is 3.70. The van der Waals surface area contributed by atoms with Crippen LogP contribution in [-0.4, -0.2) is 22.5 Å². The Morgan fingerprint density at radius 1 is 1.14 bits per heavy atom. The number of amides is 1. The lowest BCUT2D eigenvalue weighted by atomic mass is 10.1. The summed E-state index contributed by atoms with van der Waals surface area (Å²) in [6, 6.07) is 11.3. The molecule has 1 aromatic carbocycles. The Morgan fingerprint density at radius 2 is 1.81 bits per heavy atom. The fraction of sp³-hybridized carbons (Fsp3) is 0.250. The van der Waals surface area contributed by atoms with Gasteiger partial charge in [0.2, 0.25) is 5.91 Å². The van der Waals surface area contributed by atoms with Crippen molar-refractivity contribution in [3.05, 3.63) is 64.1 Å². The van der Waals surface area contributed by atoms with Gasteiger partial charge in [-0.2, -0.15) is 0 Å². The van der Waals surface area contributed by atoms with Crippen LogP contribution in [0, 0.1) is 0 Å². The van der Waals surface area contributed by atoms with Gasteiger partial charge in [0.15, 0.2) is 5.75 Å². The number of benzene rings is 1. The lowest BCUT2D eigenvalue weighted by Crippen LogP contribution is -2.33. The molecule has 5 heteroatoms. The highest BCUT2D eigenvalue weighted by molar-refractivity contribution is 5.76. The van der Waals surface area contributed by atoms with E-state index >= 15 is 0 Å². The van der Waals surface area contributed by atoms with Gasteiger partial charge in [0.05, 0.1) is 7.11 Å². The first-order chi connectivity index (χ1) is 10.2. The molecule has 21 heavy (non-hydrogen) atoms. The number of pyridine rings is 1. The van der Waals surface area contributed by atoms with Crippen LogP contribution in [0.15, 0.2) is 47.4 Å². The van der Waals surface area contributed by atoms with Crippen LogP contribution in [0.2, 0.25) is 0 Å². The predicted molar refractivity (Wildman–Crippen MR) is 78.0 cm³/mol. The van der Waals surface area contributed by atoms with E-state index in [1.807, 2.05) is 24.3 Å². The van der Waals surface area contributed by atoms with Gasteiger partial charge in [0.25, 0.3) is 5.56 Å². The van der Waals surface area contributed by atoms with E-state index in [0.717, 1.165) is 0 Å². The van der Waals surface area contributed by atoms with Gasteiger partial charge in [-0.1, -0.05) is 24.3 Å². The molecule has 1 aliphatic heterocycles. The number of hydrogen-bond donors (Lipinski definition) is 0. The monoisotopic (exact) mass is 284 g/mol. The highest BCUT2D eigenvalue weighted by Gasteiger charge is 2.23. The average Bonchev–Trinajstić information content (AvgIpc) is 2.93. The maximum atomic E-state index is 12.4. The van der Waals surface area contributed by atoms with E-state index in [1.54, 1.807) is 23.2 Å². The normalized spacial score (nSPS) is 13.1. The first-order valence-corrected chi connectivity index (χ1v) is 6.77. The van der Waals surface area contributed by atoms with Gasteiger partial charge in [-0.05, 0) is 23.3 Å². The molecule has 0 spiro atoms. The minimum Gasteiger partial charge on any atom is -0.491 e. The quantitative estimate of drug-likeness (QED) is 0.856. The number of ether oxygens (including phenoxy) is 1. The van der Waals surface area contributed by atoms with E-state index in [1.165, 1.54) is 22.8 Å². The Kier molecular flexibility index (Phi) is 3.48. The number of carbonyl (C=O) groups is 1. The van der Waals surface area contributed by atoms with Crippen molar-refractivity contribution in [2.45, 2.75) is 19.6 Å². The Hall–Kier alpha value is -2.56. The van der Waals surface area contributed by atoms with Gasteiger partial charge in [-0.15, -0.1) is 0 Å². The zero-order valence-corrected chi connectivity index (χ0v) is 11.8. The van der Waals surface area contributed by atoms with Crippen molar-refractivity contribution < 1.29 is 9.53 Å². The minimum absolute atomic E-state index is 0.0318. The standard InChI is InChI=1S/C16H16N2O3/c1-21-14-7-4-8-17(16(14)20)11-15(19)18-9-12-5-2-3-6-13(12)10-18/h2-8H,9-11H2,1H3. The molecule has 0 aliphatic carbocycles. The summed E-state index contributed by atoms with van der Waals surface area (Å²) in [5.41, 5.74) is 2.05. The third-order valence-electron chi connectivity index (χ3n) is 3.70. The number of methoxy groups -OCH3 is 1. The van der Waals surface area contributed by atoms with Crippen molar-refractivity contribution in [2.75, 3.05) is 7.11 Å². The molecule has 0 radical (unpaired) electrons. The molecule has 1 aliphatic rings. The van der Waals surface area contributed by atoms with E-state index in [2.05, 4.69) is 0 Å². The number of aromatic nitrogens is 1. The predicted octanol–water partition coefficient (Wildman–Crippen LogP) is 1.40. The van der Waals surface area contributed by atoms with Crippen LogP contribution in [0.5, 0.6) is 5.75 Å². The summed E-state index contributed by atoms with van der Waals surface area (Å²) in [6.07, 6.45) is 1.60. The highest BCUT2D eigenvalue weighted by Crippen LogP contribution is 2.22. The molecule has 2 heterocycles. The molecule has 108 valence electrons. The Morgan fingerprint density at radius 3 is 2.43 bits per heavy atom. The summed E-state index contributed by atoms with van der Waals surface area (Å²) >= 11 is 0. The molecule has 3 rings (SSSR count). The van der Waals surface area contributed by atoms with Gasteiger partial charge >= 0.3 is 0 Å². The minimum atomic E-state index is -0.287. The highest BCUT2D eigenvalue weighted by atomic mass is 16.5. The van der Waals surface area contributed by atoms with E-state index in [4.69, 9.17) is 4.74 Å². The molecule has 0 bridgehead atoms. The lowest BCUT2D eigenvalue weighted by molar-refractivity contribution is -0.132. The van der Waals surface area contributed by atoms with E-state index < -0.39 is 0 Å². The molecule has 1 aromatic heterocycles. The van der Waals surface area contributed by atoms with Crippen molar-refractivity contribution in [2.24, 2.45) is 0 Å². The van der Waals surface area contributed by atoms with Crippen molar-refractivity contribution in [1.29, 1.82) is 0 Å². The van der Waals surface area contributed by atoms with Crippen LogP contribution in [0.1, 0.15) is 11.1 Å². The molecule has 5 nitrogen and oxygen atoms in total. The maximum absolute atomic E-state index is 12.4. The van der Waals surface area contributed by atoms with Gasteiger partial charge in [0, 0.05) is 19.3 Å². The number of nitrogens with zero attached hydrogens (tertiary/aromatic N) is 2. The Bertz CT molecular complexity index is 711. The number of fused-ring (bicyclic) bond motifs is 1. The van der Waals surface area contributed by atoms with Crippen LogP contribution >= 0.6 is 0 Å². The molecule has 0 N–H and O–H groups in total. The SMILES string of the molecule is COc1cccn(CC(=O)N2Cc3ccccc3C2)c1=O. The first kappa shape index (κ1) is 13.4. The smallest absolute Gasteiger partial charge is 0.293 e. The summed E-state index contributed by atoms with van der Waals surface area (Å²) in [5.74, 6) is 0.177. The maximum Gasteiger partial charge on any atom is 0.293 e. The zero-order chi connectivity index (χ0) is 14.8. The van der Waals surface area contributed by atoms with E-state index in [9.17, 15) is 9.59 Å². The second-order valence-corrected chi connectivity index (χ2v) is 5.03. The summed E-state index contributed by atoms with van der Waals surface area (Å²) in [6.45, 7) is 1.24. The summed E-state index contributed by atoms with van der Waals surface area (Å²) < 4.78 is 6.36. The Balaban J connectivity index is 1.76. The molecule has 0 unspecified atom stereocenters. The molecule has 0 atom stereocenters. The summed E-state index contributed by atoms with van der Waals surface area (Å²) in [5, 5.41) is 0. The molecule has 0 saturated carbocycles.